The first-order valence-corrected chi connectivity index (χ1v) is 17.4. The molecule has 3 saturated heterocycles. The van der Waals surface area contributed by atoms with E-state index in [0.29, 0.717) is 4.57 Å². The number of carboxylic acids is 1. The molecule has 25 nitrogen and oxygen atoms in total. The minimum atomic E-state index is -5.87. The molecule has 0 aliphatic carbocycles. The zero-order chi connectivity index (χ0) is 38.2. The zero-order valence-corrected chi connectivity index (χ0v) is 27.5. The Bertz CT molecular complexity index is 1630. The Morgan fingerprint density at radius 1 is 0.961 bits per heavy atom. The van der Waals surface area contributed by atoms with Gasteiger partial charge >= 0.3 is 27.3 Å². The molecule has 4 rings (SSSR count). The van der Waals surface area contributed by atoms with Gasteiger partial charge in [-0.3, -0.25) is 28.2 Å². The maximum atomic E-state index is 14.2. The van der Waals surface area contributed by atoms with Crippen LogP contribution in [0, 0.1) is 0 Å². The molecule has 3 aliphatic rings. The summed E-state index contributed by atoms with van der Waals surface area (Å²) < 4.78 is 74.6. The Morgan fingerprint density at radius 3 is 2.22 bits per heavy atom. The molecule has 4 heterocycles. The van der Waals surface area contributed by atoms with Crippen LogP contribution in [0.1, 0.15) is 13.2 Å². The number of H-pyrrole nitrogens is 1. The number of aliphatic hydroxyl groups is 6. The zero-order valence-electron chi connectivity index (χ0n) is 25.7. The maximum Gasteiger partial charge on any atom is 0.483 e. The molecule has 290 valence electrons. The van der Waals surface area contributed by atoms with E-state index in [4.69, 9.17) is 23.5 Å². The van der Waals surface area contributed by atoms with E-state index >= 15 is 0 Å². The number of aliphatic carboxylic acids is 1. The molecule has 0 aromatic carbocycles. The van der Waals surface area contributed by atoms with E-state index < -0.39 is 138 Å². The lowest BCUT2D eigenvalue weighted by Gasteiger charge is -2.46. The predicted molar refractivity (Wildman–Crippen MR) is 152 cm³/mol. The van der Waals surface area contributed by atoms with Crippen LogP contribution >= 0.6 is 15.6 Å². The summed E-state index contributed by atoms with van der Waals surface area (Å²) in [6.45, 7) is -1.39. The average Bonchev–Trinajstić information content (AvgIpc) is 3.30. The van der Waals surface area contributed by atoms with Crippen molar-refractivity contribution in [2.24, 2.45) is 0 Å². The fraction of sp³-hybridized carbons (Fsp3) is 0.739. The predicted octanol–water partition coefficient (Wildman–Crippen LogP) is -5.76. The number of aliphatic hydroxyl groups excluding tert-OH is 6. The number of phosphoric ester groups is 2. The molecule has 0 spiro atoms. The van der Waals surface area contributed by atoms with Gasteiger partial charge in [0.05, 0.1) is 13.2 Å². The molecule has 0 saturated carbocycles. The number of aromatic nitrogens is 2. The lowest BCUT2D eigenvalue weighted by atomic mass is 9.95. The van der Waals surface area contributed by atoms with Crippen molar-refractivity contribution in [2.75, 3.05) is 13.2 Å². The number of alkyl halides is 1. The van der Waals surface area contributed by atoms with Gasteiger partial charge in [0.25, 0.3) is 5.56 Å². The number of phosphoric acid groups is 2. The Morgan fingerprint density at radius 2 is 1.63 bits per heavy atom. The van der Waals surface area contributed by atoms with Crippen LogP contribution < -0.4 is 16.6 Å². The smallest absolute Gasteiger partial charge is 0.479 e. The minimum absolute atomic E-state index is 0.680. The molecule has 1 amide bonds. The second-order valence-electron chi connectivity index (χ2n) is 11.2. The number of carbonyl (C=O) groups is 2. The van der Waals surface area contributed by atoms with Crippen molar-refractivity contribution in [3.63, 3.8) is 0 Å². The molecule has 3 fully saturated rings. The Kier molecular flexibility index (Phi) is 13.1. The number of halogens is 1. The number of carbonyl (C=O) groups excluding carboxylic acids is 1. The number of hydrogen-bond acceptors (Lipinski definition) is 19. The van der Waals surface area contributed by atoms with Crippen molar-refractivity contribution >= 4 is 27.5 Å². The van der Waals surface area contributed by atoms with Gasteiger partial charge in [-0.2, -0.15) is 4.31 Å². The van der Waals surface area contributed by atoms with E-state index in [2.05, 4.69) is 14.2 Å². The van der Waals surface area contributed by atoms with Crippen LogP contribution in [0.5, 0.6) is 0 Å². The molecule has 0 radical (unpaired) electrons. The highest BCUT2D eigenvalue weighted by atomic mass is 31.3. The summed E-state index contributed by atoms with van der Waals surface area (Å²) in [6.07, 6.45) is -26.3. The van der Waals surface area contributed by atoms with Crippen molar-refractivity contribution in [1.82, 2.24) is 14.9 Å². The monoisotopic (exact) mass is 785 g/mol. The standard InChI is InChI=1S/C23H34FN3O22P2/c1-6(29)25-11-14(33)17(46-22-16(35)13(32)10(24)18(47-22)20(36)37)7(4-28)45-21(11)48-51(41,42)49-50(39,40)43-5-8-12(31)15(34)19(44-8)27-3-2-9(30)26-23(27)38/h2-3,7-8,10-19,21-22,28,31-35H,4-5H2,1H3,(H,25,29)(H,36,37)(H,39,40)(H,41,42)(H,26,30,38)/t7-,8-,10+,11-,12-,13+,14-,15-,16-,17-,18+,19-,21-,22-/m1/s1. The van der Waals surface area contributed by atoms with Gasteiger partial charge in [-0.05, 0) is 0 Å². The topological polar surface area (TPSA) is 382 Å². The number of nitrogens with one attached hydrogen (secondary N) is 2. The van der Waals surface area contributed by atoms with Gasteiger partial charge in [0.15, 0.2) is 31.1 Å². The molecular formula is C23H34FN3O22P2. The highest BCUT2D eigenvalue weighted by Gasteiger charge is 2.55. The maximum absolute atomic E-state index is 14.2. The SMILES string of the molecule is CC(=O)N[C@H]1[C@@H](OP(=O)(O)OP(=O)(O)OC[C@H]2O[C@@H](n3ccc(=O)[nH]c3=O)[C@H](O)[C@@H]2O)O[C@H](CO)[C@@H](O[C@@H]2O[C@H](C(=O)O)[C@@H](F)[C@H](O)[C@H]2O)[C@@H]1O. The average molecular weight is 785 g/mol. The summed E-state index contributed by atoms with van der Waals surface area (Å²) in [5.74, 6) is -2.87. The van der Waals surface area contributed by atoms with Crippen molar-refractivity contribution in [1.29, 1.82) is 0 Å². The third-order valence-corrected chi connectivity index (χ3v) is 10.2. The lowest BCUT2D eigenvalue weighted by molar-refractivity contribution is -0.334. The third-order valence-electron chi connectivity index (χ3n) is 7.59. The first kappa shape index (κ1) is 41.2. The molecule has 16 atom stereocenters. The normalized spacial score (nSPS) is 39.5. The summed E-state index contributed by atoms with van der Waals surface area (Å²) in [6, 6.07) is -1.09. The van der Waals surface area contributed by atoms with Crippen molar-refractivity contribution in [2.45, 2.75) is 92.9 Å². The van der Waals surface area contributed by atoms with E-state index in [9.17, 15) is 78.2 Å². The van der Waals surface area contributed by atoms with Gasteiger partial charge in [0, 0.05) is 19.2 Å². The number of ether oxygens (including phenoxy) is 4. The summed E-state index contributed by atoms with van der Waals surface area (Å²) in [5.41, 5.74) is -1.85. The van der Waals surface area contributed by atoms with Crippen LogP contribution in [0.25, 0.3) is 0 Å². The fourth-order valence-corrected chi connectivity index (χ4v) is 7.36. The van der Waals surface area contributed by atoms with E-state index in [1.165, 1.54) is 0 Å². The Balaban J connectivity index is 1.44. The van der Waals surface area contributed by atoms with Crippen LogP contribution in [0.15, 0.2) is 21.9 Å². The largest absolute Gasteiger partial charge is 0.483 e. The van der Waals surface area contributed by atoms with Crippen molar-refractivity contribution in [3.05, 3.63) is 33.1 Å². The molecule has 1 aromatic heterocycles. The van der Waals surface area contributed by atoms with Gasteiger partial charge in [-0.1, -0.05) is 0 Å². The van der Waals surface area contributed by atoms with E-state index in [1.807, 2.05) is 4.98 Å². The van der Waals surface area contributed by atoms with Crippen molar-refractivity contribution < 1.29 is 101 Å². The minimum Gasteiger partial charge on any atom is -0.479 e. The molecule has 11 N–H and O–H groups in total. The van der Waals surface area contributed by atoms with E-state index in [-0.39, 0.29) is 0 Å². The number of nitrogens with zero attached hydrogens (tertiary/aromatic N) is 1. The van der Waals surface area contributed by atoms with Gasteiger partial charge in [-0.15, -0.1) is 0 Å². The first-order chi connectivity index (χ1) is 23.7. The highest BCUT2D eigenvalue weighted by Crippen LogP contribution is 2.61. The number of rotatable bonds is 13. The number of aromatic amines is 1. The molecule has 1 aromatic rings. The van der Waals surface area contributed by atoms with Gasteiger partial charge in [0.1, 0.15) is 54.9 Å². The molecule has 28 heteroatoms. The van der Waals surface area contributed by atoms with Crippen LogP contribution in [0.3, 0.4) is 0 Å². The van der Waals surface area contributed by atoms with Crippen LogP contribution in [-0.4, -0.2) is 160 Å². The quantitative estimate of drug-likeness (QED) is 0.0830. The molecule has 3 aliphatic heterocycles. The number of carboxylic acid groups (broad SMARTS) is 1. The Hall–Kier alpha value is -2.59. The fourth-order valence-electron chi connectivity index (χ4n) is 5.20. The highest BCUT2D eigenvalue weighted by molar-refractivity contribution is 7.61. The van der Waals surface area contributed by atoms with Crippen LogP contribution in [0.4, 0.5) is 4.39 Å². The second-order valence-corrected chi connectivity index (χ2v) is 14.2. The van der Waals surface area contributed by atoms with Gasteiger partial charge in [-0.25, -0.2) is 23.1 Å². The number of amides is 1. The van der Waals surface area contributed by atoms with E-state index in [0.717, 1.165) is 19.2 Å². The summed E-state index contributed by atoms with van der Waals surface area (Å²) in [4.78, 5) is 68.9. The second kappa shape index (κ2) is 16.2. The van der Waals surface area contributed by atoms with E-state index in [1.54, 1.807) is 0 Å². The number of hydrogen-bond donors (Lipinski definition) is 11. The summed E-state index contributed by atoms with van der Waals surface area (Å²) in [7, 11) is -11.6. The van der Waals surface area contributed by atoms with Crippen LogP contribution in [-0.2, 0) is 51.0 Å². The van der Waals surface area contributed by atoms with Gasteiger partial charge in [0.2, 0.25) is 5.91 Å². The molecule has 2 unspecified atom stereocenters. The Labute approximate surface area is 282 Å². The van der Waals surface area contributed by atoms with Gasteiger partial charge < -0.3 is 69.8 Å². The summed E-state index contributed by atoms with van der Waals surface area (Å²) in [5, 5.41) is 72.9. The summed E-state index contributed by atoms with van der Waals surface area (Å²) >= 11 is 0. The third kappa shape index (κ3) is 9.51. The first-order valence-electron chi connectivity index (χ1n) is 14.4. The molecule has 0 bridgehead atoms. The van der Waals surface area contributed by atoms with Crippen LogP contribution in [0.2, 0.25) is 0 Å². The molecule has 51 heavy (non-hydrogen) atoms. The lowest BCUT2D eigenvalue weighted by Crippen LogP contribution is -2.67. The van der Waals surface area contributed by atoms with Crippen molar-refractivity contribution in [3.8, 4) is 0 Å². The molecular weight excluding hydrogens is 751 g/mol.